The van der Waals surface area contributed by atoms with E-state index in [9.17, 15) is 8.42 Å². The first-order chi connectivity index (χ1) is 8.77. The molecule has 1 N–H and O–H groups in total. The molecule has 1 rings (SSSR count). The van der Waals surface area contributed by atoms with Crippen LogP contribution in [0.1, 0.15) is 26.3 Å². The first-order valence-electron chi connectivity index (χ1n) is 5.97. The number of hydrogen-bond acceptors (Lipinski definition) is 3. The second-order valence-corrected chi connectivity index (χ2v) is 6.97. The molecule has 0 radical (unpaired) electrons. The Morgan fingerprint density at radius 3 is 2.53 bits per heavy atom. The topological polar surface area (TPSA) is 70.0 Å². The number of nitrogens with zero attached hydrogens (tertiary/aromatic N) is 1. The van der Waals surface area contributed by atoms with Crippen LogP contribution in [0.4, 0.5) is 0 Å². The van der Waals surface area contributed by atoms with Gasteiger partial charge in [-0.2, -0.15) is 5.26 Å². The van der Waals surface area contributed by atoms with Gasteiger partial charge >= 0.3 is 0 Å². The monoisotopic (exact) mass is 300 g/mol. The van der Waals surface area contributed by atoms with Gasteiger partial charge in [0.2, 0.25) is 10.0 Å². The normalized spacial score (nSPS) is 13.3. The predicted molar refractivity (Wildman–Crippen MR) is 75.4 cm³/mol. The van der Waals surface area contributed by atoms with E-state index in [1.807, 2.05) is 26.8 Å². The maximum absolute atomic E-state index is 12.1. The molecule has 0 aliphatic carbocycles. The summed E-state index contributed by atoms with van der Waals surface area (Å²) in [6.07, 6.45) is 0. The van der Waals surface area contributed by atoms with E-state index in [0.717, 1.165) is 0 Å². The van der Waals surface area contributed by atoms with Gasteiger partial charge in [-0.15, -0.1) is 0 Å². The zero-order chi connectivity index (χ0) is 14.6. The minimum atomic E-state index is -3.69. The molecule has 0 fully saturated rings. The molecule has 0 amide bonds. The van der Waals surface area contributed by atoms with Crippen molar-refractivity contribution in [3.8, 4) is 6.07 Å². The first kappa shape index (κ1) is 16.0. The Balaban J connectivity index is 2.98. The van der Waals surface area contributed by atoms with Crippen LogP contribution >= 0.6 is 11.6 Å². The summed E-state index contributed by atoms with van der Waals surface area (Å²) in [7, 11) is -3.69. The van der Waals surface area contributed by atoms with Crippen molar-refractivity contribution in [3.63, 3.8) is 0 Å². The Labute approximate surface area is 119 Å². The standard InChI is InChI=1S/C13H17ClN2O2S/c1-9(2)10(3)8-16-19(17,18)13-6-11(7-15)4-5-12(13)14/h4-6,9-10,16H,8H2,1-3H3. The second-order valence-electron chi connectivity index (χ2n) is 4.83. The zero-order valence-corrected chi connectivity index (χ0v) is 12.7. The first-order valence-corrected chi connectivity index (χ1v) is 7.83. The fraction of sp³-hybridized carbons (Fsp3) is 0.462. The van der Waals surface area contributed by atoms with Gasteiger partial charge in [-0.25, -0.2) is 13.1 Å². The van der Waals surface area contributed by atoms with E-state index in [1.54, 1.807) is 0 Å². The molecule has 4 nitrogen and oxygen atoms in total. The molecule has 104 valence electrons. The van der Waals surface area contributed by atoms with E-state index < -0.39 is 10.0 Å². The molecule has 1 atom stereocenters. The fourth-order valence-electron chi connectivity index (χ4n) is 1.33. The summed E-state index contributed by atoms with van der Waals surface area (Å²) < 4.78 is 26.8. The summed E-state index contributed by atoms with van der Waals surface area (Å²) in [5.41, 5.74) is 0.265. The van der Waals surface area contributed by atoms with Crippen molar-refractivity contribution in [2.75, 3.05) is 6.54 Å². The van der Waals surface area contributed by atoms with Crippen LogP contribution in [-0.4, -0.2) is 15.0 Å². The Bertz CT molecular complexity index is 591. The van der Waals surface area contributed by atoms with Crippen molar-refractivity contribution in [1.29, 1.82) is 5.26 Å². The summed E-state index contributed by atoms with van der Waals surface area (Å²) in [6.45, 7) is 6.37. The van der Waals surface area contributed by atoms with Crippen molar-refractivity contribution in [3.05, 3.63) is 28.8 Å². The van der Waals surface area contributed by atoms with Crippen LogP contribution in [0.2, 0.25) is 5.02 Å². The molecule has 1 unspecified atom stereocenters. The van der Waals surface area contributed by atoms with Gasteiger partial charge in [0.15, 0.2) is 0 Å². The van der Waals surface area contributed by atoms with Gasteiger partial charge in [0.1, 0.15) is 4.90 Å². The van der Waals surface area contributed by atoms with Crippen LogP contribution in [0.15, 0.2) is 23.1 Å². The second kappa shape index (κ2) is 6.38. The average molecular weight is 301 g/mol. The van der Waals surface area contributed by atoms with Crippen molar-refractivity contribution < 1.29 is 8.42 Å². The van der Waals surface area contributed by atoms with Crippen LogP contribution < -0.4 is 4.72 Å². The molecule has 0 heterocycles. The quantitative estimate of drug-likeness (QED) is 0.909. The molecule has 0 saturated carbocycles. The summed E-state index contributed by atoms with van der Waals surface area (Å²) in [4.78, 5) is -0.0517. The minimum absolute atomic E-state index is 0.0517. The lowest BCUT2D eigenvalue weighted by Gasteiger charge is -2.16. The lowest BCUT2D eigenvalue weighted by molar-refractivity contribution is 0.414. The van der Waals surface area contributed by atoms with Gasteiger partial charge in [0, 0.05) is 6.54 Å². The van der Waals surface area contributed by atoms with Crippen LogP contribution in [0.3, 0.4) is 0 Å². The Morgan fingerprint density at radius 1 is 1.37 bits per heavy atom. The molecule has 1 aromatic rings. The Hall–Kier alpha value is -1.09. The molecule has 0 bridgehead atoms. The van der Waals surface area contributed by atoms with Crippen LogP contribution in [0.5, 0.6) is 0 Å². The smallest absolute Gasteiger partial charge is 0.211 e. The van der Waals surface area contributed by atoms with Gasteiger partial charge in [0.25, 0.3) is 0 Å². The molecule has 0 aromatic heterocycles. The SMILES string of the molecule is CC(C)C(C)CNS(=O)(=O)c1cc(C#N)ccc1Cl. The van der Waals surface area contributed by atoms with Crippen LogP contribution in [0, 0.1) is 23.2 Å². The summed E-state index contributed by atoms with van der Waals surface area (Å²) in [5, 5.41) is 8.92. The molecule has 0 aliphatic heterocycles. The van der Waals surface area contributed by atoms with Gasteiger partial charge < -0.3 is 0 Å². The molecule has 0 saturated heterocycles. The zero-order valence-electron chi connectivity index (χ0n) is 11.1. The van der Waals surface area contributed by atoms with E-state index in [2.05, 4.69) is 4.72 Å². The highest BCUT2D eigenvalue weighted by Gasteiger charge is 2.20. The predicted octanol–water partition coefficient (Wildman–Crippen LogP) is 2.78. The molecule has 19 heavy (non-hydrogen) atoms. The lowest BCUT2D eigenvalue weighted by Crippen LogP contribution is -2.30. The largest absolute Gasteiger partial charge is 0.242 e. The van der Waals surface area contributed by atoms with Gasteiger partial charge in [-0.3, -0.25) is 0 Å². The van der Waals surface area contributed by atoms with Gasteiger partial charge in [-0.05, 0) is 30.0 Å². The van der Waals surface area contributed by atoms with E-state index in [0.29, 0.717) is 12.5 Å². The van der Waals surface area contributed by atoms with Crippen molar-refractivity contribution >= 4 is 21.6 Å². The highest BCUT2D eigenvalue weighted by molar-refractivity contribution is 7.89. The van der Waals surface area contributed by atoms with E-state index in [4.69, 9.17) is 16.9 Å². The number of benzene rings is 1. The number of rotatable bonds is 5. The van der Waals surface area contributed by atoms with Gasteiger partial charge in [-0.1, -0.05) is 32.4 Å². The molecular weight excluding hydrogens is 284 g/mol. The minimum Gasteiger partial charge on any atom is -0.211 e. The third-order valence-electron chi connectivity index (χ3n) is 3.08. The maximum atomic E-state index is 12.1. The maximum Gasteiger partial charge on any atom is 0.242 e. The average Bonchev–Trinajstić information content (AvgIpc) is 2.36. The summed E-state index contributed by atoms with van der Waals surface area (Å²) in [6, 6.07) is 6.08. The number of halogens is 1. The number of hydrogen-bond donors (Lipinski definition) is 1. The Kier molecular flexibility index (Phi) is 5.36. The number of nitriles is 1. The molecule has 6 heteroatoms. The highest BCUT2D eigenvalue weighted by atomic mass is 35.5. The molecule has 1 aromatic carbocycles. The lowest BCUT2D eigenvalue weighted by atomic mass is 9.99. The Morgan fingerprint density at radius 2 is 2.00 bits per heavy atom. The van der Waals surface area contributed by atoms with Gasteiger partial charge in [0.05, 0.1) is 16.7 Å². The van der Waals surface area contributed by atoms with Crippen LogP contribution in [-0.2, 0) is 10.0 Å². The van der Waals surface area contributed by atoms with Crippen LogP contribution in [0.25, 0.3) is 0 Å². The third kappa shape index (κ3) is 4.20. The van der Waals surface area contributed by atoms with E-state index in [1.165, 1.54) is 18.2 Å². The molecule has 0 aliphatic rings. The van der Waals surface area contributed by atoms with Crippen molar-refractivity contribution in [1.82, 2.24) is 4.72 Å². The summed E-state index contributed by atoms with van der Waals surface area (Å²) >= 11 is 5.89. The highest BCUT2D eigenvalue weighted by Crippen LogP contribution is 2.22. The fourth-order valence-corrected chi connectivity index (χ4v) is 3.00. The molecular formula is C13H17ClN2O2S. The van der Waals surface area contributed by atoms with Crippen molar-refractivity contribution in [2.24, 2.45) is 11.8 Å². The number of nitrogens with one attached hydrogen (secondary N) is 1. The third-order valence-corrected chi connectivity index (χ3v) is 4.99. The summed E-state index contributed by atoms with van der Waals surface area (Å²) in [5.74, 6) is 0.594. The number of sulfonamides is 1. The van der Waals surface area contributed by atoms with Crippen molar-refractivity contribution in [2.45, 2.75) is 25.7 Å². The van der Waals surface area contributed by atoms with E-state index in [-0.39, 0.29) is 21.4 Å². The molecule has 0 spiro atoms. The van der Waals surface area contributed by atoms with E-state index >= 15 is 0 Å².